The Morgan fingerprint density at radius 2 is 2.36 bits per heavy atom. The minimum atomic E-state index is -0.302. The van der Waals surface area contributed by atoms with Crippen LogP contribution < -0.4 is 0 Å². The Hall–Kier alpha value is -0.120. The van der Waals surface area contributed by atoms with E-state index in [-0.39, 0.29) is 12.2 Å². The van der Waals surface area contributed by atoms with Crippen molar-refractivity contribution < 1.29 is 14.6 Å². The van der Waals surface area contributed by atoms with Gasteiger partial charge in [-0.05, 0) is 25.7 Å². The van der Waals surface area contributed by atoms with Crippen molar-refractivity contribution in [1.82, 2.24) is 0 Å². The van der Waals surface area contributed by atoms with E-state index in [0.29, 0.717) is 13.2 Å². The van der Waals surface area contributed by atoms with Crippen LogP contribution in [0.3, 0.4) is 0 Å². The smallest absolute Gasteiger partial charge is 0.0808 e. The summed E-state index contributed by atoms with van der Waals surface area (Å²) in [5.41, 5.74) is 0. The summed E-state index contributed by atoms with van der Waals surface area (Å²) in [6.07, 6.45) is 5.31. The third kappa shape index (κ3) is 4.94. The van der Waals surface area contributed by atoms with Gasteiger partial charge in [-0.15, -0.1) is 0 Å². The average Bonchev–Trinajstić information content (AvgIpc) is 2.20. The number of aliphatic hydroxyl groups is 1. The Morgan fingerprint density at radius 1 is 1.50 bits per heavy atom. The summed E-state index contributed by atoms with van der Waals surface area (Å²) < 4.78 is 10.9. The van der Waals surface area contributed by atoms with Crippen LogP contribution >= 0.6 is 0 Å². The molecule has 84 valence electrons. The van der Waals surface area contributed by atoms with Gasteiger partial charge in [-0.3, -0.25) is 0 Å². The van der Waals surface area contributed by atoms with Gasteiger partial charge >= 0.3 is 0 Å². The summed E-state index contributed by atoms with van der Waals surface area (Å²) in [7, 11) is 0. The first-order chi connectivity index (χ1) is 6.83. The molecule has 0 radical (unpaired) electrons. The maximum Gasteiger partial charge on any atom is 0.0808 e. The maximum atomic E-state index is 9.41. The van der Waals surface area contributed by atoms with Gasteiger partial charge in [-0.25, -0.2) is 0 Å². The van der Waals surface area contributed by atoms with Gasteiger partial charge in [0, 0.05) is 6.61 Å². The molecule has 2 atom stereocenters. The predicted octanol–water partition coefficient (Wildman–Crippen LogP) is 1.73. The van der Waals surface area contributed by atoms with Crippen LogP contribution in [0.2, 0.25) is 0 Å². The summed E-state index contributed by atoms with van der Waals surface area (Å²) in [4.78, 5) is 0. The molecule has 1 aliphatic heterocycles. The number of hydrogen-bond donors (Lipinski definition) is 1. The van der Waals surface area contributed by atoms with Gasteiger partial charge in [-0.2, -0.15) is 0 Å². The van der Waals surface area contributed by atoms with E-state index in [1.165, 1.54) is 12.8 Å². The lowest BCUT2D eigenvalue weighted by atomic mass is 10.1. The van der Waals surface area contributed by atoms with Crippen LogP contribution in [0, 0.1) is 0 Å². The van der Waals surface area contributed by atoms with Crippen molar-refractivity contribution in [3.05, 3.63) is 0 Å². The zero-order valence-electron chi connectivity index (χ0n) is 9.08. The van der Waals surface area contributed by atoms with Gasteiger partial charge in [0.15, 0.2) is 0 Å². The number of hydrogen-bond acceptors (Lipinski definition) is 3. The molecule has 0 spiro atoms. The Balaban J connectivity index is 1.96. The molecule has 0 aromatic carbocycles. The zero-order valence-corrected chi connectivity index (χ0v) is 9.08. The lowest BCUT2D eigenvalue weighted by Gasteiger charge is -2.22. The lowest BCUT2D eigenvalue weighted by molar-refractivity contribution is -0.0578. The molecule has 0 bridgehead atoms. The Kier molecular flexibility index (Phi) is 6.15. The fourth-order valence-corrected chi connectivity index (χ4v) is 1.69. The number of rotatable bonds is 6. The van der Waals surface area contributed by atoms with E-state index < -0.39 is 0 Å². The van der Waals surface area contributed by atoms with E-state index in [0.717, 1.165) is 25.9 Å². The highest BCUT2D eigenvalue weighted by Crippen LogP contribution is 2.12. The third-order valence-corrected chi connectivity index (χ3v) is 2.51. The second-order valence-electron chi connectivity index (χ2n) is 3.97. The highest BCUT2D eigenvalue weighted by molar-refractivity contribution is 4.63. The SMILES string of the molecule is CCCC(O)COCC1CCCCO1. The van der Waals surface area contributed by atoms with Gasteiger partial charge < -0.3 is 14.6 Å². The molecule has 3 heteroatoms. The van der Waals surface area contributed by atoms with Crippen LogP contribution in [0.15, 0.2) is 0 Å². The van der Waals surface area contributed by atoms with Crippen molar-refractivity contribution in [2.24, 2.45) is 0 Å². The standard InChI is InChI=1S/C11H22O3/c1-2-5-10(12)8-13-9-11-6-3-4-7-14-11/h10-12H,2-9H2,1H3. The van der Waals surface area contributed by atoms with Gasteiger partial charge in [0.25, 0.3) is 0 Å². The number of ether oxygens (including phenoxy) is 2. The molecule has 0 aromatic heterocycles. The molecule has 1 rings (SSSR count). The molecule has 0 saturated carbocycles. The molecule has 1 heterocycles. The molecule has 2 unspecified atom stereocenters. The number of aliphatic hydroxyl groups excluding tert-OH is 1. The van der Waals surface area contributed by atoms with E-state index >= 15 is 0 Å². The zero-order chi connectivity index (χ0) is 10.2. The van der Waals surface area contributed by atoms with E-state index in [4.69, 9.17) is 9.47 Å². The Labute approximate surface area is 86.4 Å². The summed E-state index contributed by atoms with van der Waals surface area (Å²) >= 11 is 0. The first-order valence-corrected chi connectivity index (χ1v) is 5.70. The van der Waals surface area contributed by atoms with Crippen LogP contribution in [0.1, 0.15) is 39.0 Å². The molecule has 3 nitrogen and oxygen atoms in total. The van der Waals surface area contributed by atoms with Crippen LogP contribution in [-0.4, -0.2) is 37.1 Å². The van der Waals surface area contributed by atoms with Crippen LogP contribution in [0.4, 0.5) is 0 Å². The van der Waals surface area contributed by atoms with E-state index in [1.807, 2.05) is 0 Å². The second kappa shape index (κ2) is 7.21. The van der Waals surface area contributed by atoms with Crippen LogP contribution in [0.5, 0.6) is 0 Å². The second-order valence-corrected chi connectivity index (χ2v) is 3.97. The van der Waals surface area contributed by atoms with Crippen LogP contribution in [0.25, 0.3) is 0 Å². The molecule has 1 saturated heterocycles. The van der Waals surface area contributed by atoms with Gasteiger partial charge in [0.05, 0.1) is 25.4 Å². The monoisotopic (exact) mass is 202 g/mol. The minimum Gasteiger partial charge on any atom is -0.391 e. The van der Waals surface area contributed by atoms with Crippen LogP contribution in [-0.2, 0) is 9.47 Å². The first kappa shape index (κ1) is 12.0. The summed E-state index contributed by atoms with van der Waals surface area (Å²) in [6, 6.07) is 0. The van der Waals surface area contributed by atoms with Gasteiger partial charge in [0.2, 0.25) is 0 Å². The average molecular weight is 202 g/mol. The van der Waals surface area contributed by atoms with Gasteiger partial charge in [-0.1, -0.05) is 13.3 Å². The Bertz CT molecular complexity index is 132. The lowest BCUT2D eigenvalue weighted by Crippen LogP contribution is -2.26. The van der Waals surface area contributed by atoms with Gasteiger partial charge in [0.1, 0.15) is 0 Å². The normalized spacial score (nSPS) is 24.9. The van der Waals surface area contributed by atoms with Crippen molar-refractivity contribution in [2.75, 3.05) is 19.8 Å². The fourth-order valence-electron chi connectivity index (χ4n) is 1.69. The highest BCUT2D eigenvalue weighted by Gasteiger charge is 2.14. The molecular weight excluding hydrogens is 180 g/mol. The van der Waals surface area contributed by atoms with Crippen molar-refractivity contribution in [1.29, 1.82) is 0 Å². The maximum absolute atomic E-state index is 9.41. The highest BCUT2D eigenvalue weighted by atomic mass is 16.5. The van der Waals surface area contributed by atoms with Crippen molar-refractivity contribution in [3.8, 4) is 0 Å². The summed E-state index contributed by atoms with van der Waals surface area (Å²) in [6.45, 7) is 4.02. The predicted molar refractivity (Wildman–Crippen MR) is 55.3 cm³/mol. The summed E-state index contributed by atoms with van der Waals surface area (Å²) in [5, 5.41) is 9.41. The molecule has 0 amide bonds. The topological polar surface area (TPSA) is 38.7 Å². The molecule has 1 fully saturated rings. The molecule has 0 aromatic rings. The first-order valence-electron chi connectivity index (χ1n) is 5.70. The van der Waals surface area contributed by atoms with Crippen molar-refractivity contribution in [3.63, 3.8) is 0 Å². The van der Waals surface area contributed by atoms with E-state index in [9.17, 15) is 5.11 Å². The molecule has 14 heavy (non-hydrogen) atoms. The molecule has 1 aliphatic rings. The largest absolute Gasteiger partial charge is 0.391 e. The molecule has 0 aliphatic carbocycles. The fraction of sp³-hybridized carbons (Fsp3) is 1.00. The Morgan fingerprint density at radius 3 is 3.00 bits per heavy atom. The quantitative estimate of drug-likeness (QED) is 0.713. The van der Waals surface area contributed by atoms with Crippen molar-refractivity contribution in [2.45, 2.75) is 51.2 Å². The molecule has 1 N–H and O–H groups in total. The van der Waals surface area contributed by atoms with E-state index in [2.05, 4.69) is 6.92 Å². The van der Waals surface area contributed by atoms with Crippen molar-refractivity contribution >= 4 is 0 Å². The van der Waals surface area contributed by atoms with E-state index in [1.54, 1.807) is 0 Å². The third-order valence-electron chi connectivity index (χ3n) is 2.51. The minimum absolute atomic E-state index is 0.262. The summed E-state index contributed by atoms with van der Waals surface area (Å²) in [5.74, 6) is 0. The molecular formula is C11H22O3.